The van der Waals surface area contributed by atoms with Crippen LogP contribution in [0.3, 0.4) is 0 Å². The Hall–Kier alpha value is -1.14. The van der Waals surface area contributed by atoms with Crippen LogP contribution in [0.25, 0.3) is 0 Å². The van der Waals surface area contributed by atoms with Crippen LogP contribution in [0.1, 0.15) is 33.1 Å². The molecular formula is C12H23N3O3. The molecule has 1 unspecified atom stereocenters. The molecule has 1 aliphatic heterocycles. The lowest BCUT2D eigenvalue weighted by atomic mass is 9.96. The molecule has 0 aromatic heterocycles. The average molecular weight is 257 g/mol. The van der Waals surface area contributed by atoms with E-state index in [1.165, 1.54) is 0 Å². The van der Waals surface area contributed by atoms with Crippen molar-refractivity contribution in [3.63, 3.8) is 0 Å². The summed E-state index contributed by atoms with van der Waals surface area (Å²) in [5, 5.41) is 0. The molecule has 0 saturated carbocycles. The third-order valence-electron chi connectivity index (χ3n) is 3.43. The Morgan fingerprint density at radius 2 is 2.06 bits per heavy atom. The van der Waals surface area contributed by atoms with Crippen LogP contribution in [0, 0.1) is 5.92 Å². The Labute approximate surface area is 108 Å². The molecule has 6 heteroatoms. The predicted octanol–water partition coefficient (Wildman–Crippen LogP) is 0.0300. The number of likely N-dealkylation sites (tertiary alicyclic amines) is 1. The predicted molar refractivity (Wildman–Crippen MR) is 67.3 cm³/mol. The lowest BCUT2D eigenvalue weighted by molar-refractivity contribution is -0.141. The first kappa shape index (κ1) is 14.9. The summed E-state index contributed by atoms with van der Waals surface area (Å²) < 4.78 is 5.41. The lowest BCUT2D eigenvalue weighted by Crippen LogP contribution is -2.45. The Morgan fingerprint density at radius 1 is 1.44 bits per heavy atom. The van der Waals surface area contributed by atoms with Gasteiger partial charge in [-0.25, -0.2) is 5.84 Å². The van der Waals surface area contributed by atoms with Crippen molar-refractivity contribution in [2.45, 2.75) is 39.2 Å². The zero-order valence-electron chi connectivity index (χ0n) is 11.1. The molecule has 0 aromatic rings. The summed E-state index contributed by atoms with van der Waals surface area (Å²) in [5.74, 6) is 4.88. The average Bonchev–Trinajstić information content (AvgIpc) is 2.43. The van der Waals surface area contributed by atoms with Crippen molar-refractivity contribution >= 4 is 11.8 Å². The largest absolute Gasteiger partial charge is 0.369 e. The smallest absolute Gasteiger partial charge is 0.248 e. The number of hydrazine groups is 1. The van der Waals surface area contributed by atoms with Gasteiger partial charge in [-0.3, -0.25) is 15.0 Å². The number of carbonyl (C=O) groups is 2. The Kier molecular flexibility index (Phi) is 6.07. The van der Waals surface area contributed by atoms with E-state index < -0.39 is 0 Å². The van der Waals surface area contributed by atoms with Gasteiger partial charge in [-0.15, -0.1) is 0 Å². The van der Waals surface area contributed by atoms with Crippen molar-refractivity contribution in [1.29, 1.82) is 0 Å². The van der Waals surface area contributed by atoms with E-state index in [0.29, 0.717) is 25.9 Å². The number of ether oxygens (including phenoxy) is 1. The fourth-order valence-corrected chi connectivity index (χ4v) is 1.93. The summed E-state index contributed by atoms with van der Waals surface area (Å²) in [6.45, 7) is 5.29. The first-order chi connectivity index (χ1) is 8.58. The topological polar surface area (TPSA) is 84.7 Å². The van der Waals surface area contributed by atoms with E-state index >= 15 is 0 Å². The van der Waals surface area contributed by atoms with E-state index in [2.05, 4.69) is 5.43 Å². The molecule has 104 valence electrons. The van der Waals surface area contributed by atoms with E-state index in [-0.39, 0.29) is 30.4 Å². The van der Waals surface area contributed by atoms with Crippen molar-refractivity contribution in [1.82, 2.24) is 10.3 Å². The highest BCUT2D eigenvalue weighted by Gasteiger charge is 2.26. The maximum Gasteiger partial charge on any atom is 0.248 e. The molecule has 1 aliphatic rings. The highest BCUT2D eigenvalue weighted by Crippen LogP contribution is 2.17. The molecule has 1 atom stereocenters. The number of rotatable bonds is 5. The monoisotopic (exact) mass is 257 g/mol. The maximum absolute atomic E-state index is 11.8. The summed E-state index contributed by atoms with van der Waals surface area (Å²) in [6.07, 6.45) is 2.33. The van der Waals surface area contributed by atoms with Crippen molar-refractivity contribution in [3.8, 4) is 0 Å². The minimum Gasteiger partial charge on any atom is -0.369 e. The minimum absolute atomic E-state index is 0.00177. The van der Waals surface area contributed by atoms with Crippen LogP contribution in [-0.2, 0) is 14.3 Å². The van der Waals surface area contributed by atoms with E-state index in [1.807, 2.05) is 13.8 Å². The molecule has 0 aliphatic carbocycles. The van der Waals surface area contributed by atoms with Gasteiger partial charge in [0.1, 0.15) is 6.61 Å². The number of hydrogen-bond donors (Lipinski definition) is 2. The van der Waals surface area contributed by atoms with Crippen LogP contribution in [-0.4, -0.2) is 42.5 Å². The number of hydrogen-bond acceptors (Lipinski definition) is 4. The van der Waals surface area contributed by atoms with Crippen LogP contribution in [0.15, 0.2) is 0 Å². The Balaban J connectivity index is 2.29. The third kappa shape index (κ3) is 4.27. The van der Waals surface area contributed by atoms with Crippen LogP contribution in [0.2, 0.25) is 0 Å². The molecule has 2 amide bonds. The van der Waals surface area contributed by atoms with Gasteiger partial charge < -0.3 is 9.64 Å². The van der Waals surface area contributed by atoms with Gasteiger partial charge in [0.15, 0.2) is 0 Å². The van der Waals surface area contributed by atoms with Crippen molar-refractivity contribution in [2.24, 2.45) is 11.8 Å². The van der Waals surface area contributed by atoms with Gasteiger partial charge in [0, 0.05) is 19.0 Å². The summed E-state index contributed by atoms with van der Waals surface area (Å²) in [4.78, 5) is 24.9. The summed E-state index contributed by atoms with van der Waals surface area (Å²) in [7, 11) is 0. The van der Waals surface area contributed by atoms with Crippen molar-refractivity contribution < 1.29 is 14.3 Å². The quantitative estimate of drug-likeness (QED) is 0.413. The van der Waals surface area contributed by atoms with Gasteiger partial charge >= 0.3 is 0 Å². The molecule has 0 radical (unpaired) electrons. The van der Waals surface area contributed by atoms with Crippen molar-refractivity contribution in [3.05, 3.63) is 0 Å². The number of piperidine rings is 1. The van der Waals surface area contributed by atoms with Gasteiger partial charge in [-0.05, 0) is 26.2 Å². The highest BCUT2D eigenvalue weighted by atomic mass is 16.5. The van der Waals surface area contributed by atoms with Crippen LogP contribution in [0.5, 0.6) is 0 Å². The zero-order chi connectivity index (χ0) is 13.5. The SMILES string of the molecule is CCC(C)OCC(=O)N1CCC(C(=O)NN)CC1. The molecule has 0 aromatic carbocycles. The lowest BCUT2D eigenvalue weighted by Gasteiger charge is -2.31. The molecule has 18 heavy (non-hydrogen) atoms. The second kappa shape index (κ2) is 7.33. The first-order valence-corrected chi connectivity index (χ1v) is 6.48. The second-order valence-corrected chi connectivity index (χ2v) is 4.69. The third-order valence-corrected chi connectivity index (χ3v) is 3.43. The van der Waals surface area contributed by atoms with Crippen LogP contribution < -0.4 is 11.3 Å². The van der Waals surface area contributed by atoms with E-state index in [1.54, 1.807) is 4.90 Å². The molecule has 3 N–H and O–H groups in total. The van der Waals surface area contributed by atoms with E-state index in [0.717, 1.165) is 6.42 Å². The Bertz CT molecular complexity index is 288. The normalized spacial score (nSPS) is 18.5. The standard InChI is InChI=1S/C12H23N3O3/c1-3-9(2)18-8-11(16)15-6-4-10(5-7-15)12(17)14-13/h9-10H,3-8,13H2,1-2H3,(H,14,17). The van der Waals surface area contributed by atoms with E-state index in [4.69, 9.17) is 10.6 Å². The minimum atomic E-state index is -0.141. The molecule has 1 saturated heterocycles. The number of carbonyl (C=O) groups excluding carboxylic acids is 2. The molecular weight excluding hydrogens is 234 g/mol. The zero-order valence-corrected chi connectivity index (χ0v) is 11.1. The van der Waals surface area contributed by atoms with Crippen LogP contribution in [0.4, 0.5) is 0 Å². The van der Waals surface area contributed by atoms with E-state index in [9.17, 15) is 9.59 Å². The highest BCUT2D eigenvalue weighted by molar-refractivity contribution is 5.80. The molecule has 1 fully saturated rings. The summed E-state index contributed by atoms with van der Waals surface area (Å²) >= 11 is 0. The van der Waals surface area contributed by atoms with Crippen molar-refractivity contribution in [2.75, 3.05) is 19.7 Å². The maximum atomic E-state index is 11.8. The summed E-state index contributed by atoms with van der Waals surface area (Å²) in [6, 6.07) is 0. The second-order valence-electron chi connectivity index (χ2n) is 4.69. The van der Waals surface area contributed by atoms with Gasteiger partial charge in [0.25, 0.3) is 0 Å². The number of nitrogens with two attached hydrogens (primary N) is 1. The number of amides is 2. The van der Waals surface area contributed by atoms with Crippen LogP contribution >= 0.6 is 0 Å². The molecule has 0 spiro atoms. The number of nitrogens with one attached hydrogen (secondary N) is 1. The molecule has 6 nitrogen and oxygen atoms in total. The fourth-order valence-electron chi connectivity index (χ4n) is 1.93. The van der Waals surface area contributed by atoms with Gasteiger partial charge in [-0.2, -0.15) is 0 Å². The number of nitrogens with zero attached hydrogens (tertiary/aromatic N) is 1. The van der Waals surface area contributed by atoms with Gasteiger partial charge in [0.2, 0.25) is 11.8 Å². The van der Waals surface area contributed by atoms with Gasteiger partial charge in [-0.1, -0.05) is 6.92 Å². The van der Waals surface area contributed by atoms with Gasteiger partial charge in [0.05, 0.1) is 6.10 Å². The molecule has 1 heterocycles. The summed E-state index contributed by atoms with van der Waals surface area (Å²) in [5.41, 5.74) is 2.16. The Morgan fingerprint density at radius 3 is 2.56 bits per heavy atom. The first-order valence-electron chi connectivity index (χ1n) is 6.48. The fraction of sp³-hybridized carbons (Fsp3) is 0.833. The molecule has 1 rings (SSSR count). The molecule has 0 bridgehead atoms.